The van der Waals surface area contributed by atoms with Crippen LogP contribution in [0.2, 0.25) is 0 Å². The third kappa shape index (κ3) is 7.70. The molecule has 0 saturated heterocycles. The molecule has 10 rings (SSSR count). The van der Waals surface area contributed by atoms with Crippen LogP contribution in [0.4, 0.5) is 17.1 Å². The van der Waals surface area contributed by atoms with Crippen molar-refractivity contribution in [3.63, 3.8) is 0 Å². The summed E-state index contributed by atoms with van der Waals surface area (Å²) in [5.41, 5.74) is 8.95. The summed E-state index contributed by atoms with van der Waals surface area (Å²) in [4.78, 5) is 2.33. The predicted octanol–water partition coefficient (Wildman–Crippen LogP) is 13.7. The highest BCUT2D eigenvalue weighted by Crippen LogP contribution is 2.44. The van der Waals surface area contributed by atoms with Crippen molar-refractivity contribution in [2.45, 2.75) is 46.0 Å². The third-order valence-electron chi connectivity index (χ3n) is 11.5. The van der Waals surface area contributed by atoms with Gasteiger partial charge in [0.2, 0.25) is 11.8 Å². The molecule has 0 aliphatic heterocycles. The molecule has 1 heterocycles. The zero-order chi connectivity index (χ0) is 42.2. The van der Waals surface area contributed by atoms with E-state index in [1.54, 1.807) is 0 Å². The maximum atomic E-state index is 10.1. The standard InChI is InChI=1S/C55H45N3O4/c1-55(2,3)44-24-20-43(21-25-44)54-57-56-53(62-54)42-16-12-36(13-17-42)34-60-47-30-38(33-59)31-48(32-47)61-35-37-14-26-46(27-15-37)58(45-10-5-4-6-11-45)50-29-23-41-19-18-39-8-7-9-40-22-28-49(50)52(41)51(39)40/h4-32,59H,33-35H2,1-3H3. The molecule has 0 fully saturated rings. The minimum absolute atomic E-state index is 0.0686. The second-order valence-electron chi connectivity index (χ2n) is 16.8. The maximum Gasteiger partial charge on any atom is 0.248 e. The number of ether oxygens (including phenoxy) is 2. The molecular weight excluding hydrogens is 767 g/mol. The number of anilines is 3. The van der Waals surface area contributed by atoms with Gasteiger partial charge in [0, 0.05) is 34.0 Å². The summed E-state index contributed by atoms with van der Waals surface area (Å²) >= 11 is 0. The monoisotopic (exact) mass is 811 g/mol. The molecule has 0 aliphatic carbocycles. The first-order valence-electron chi connectivity index (χ1n) is 20.9. The van der Waals surface area contributed by atoms with E-state index in [9.17, 15) is 5.11 Å². The van der Waals surface area contributed by atoms with Crippen molar-refractivity contribution in [2.75, 3.05) is 4.90 Å². The molecular formula is C55H45N3O4. The lowest BCUT2D eigenvalue weighted by Crippen LogP contribution is -2.10. The van der Waals surface area contributed by atoms with Crippen LogP contribution in [-0.4, -0.2) is 15.3 Å². The summed E-state index contributed by atoms with van der Waals surface area (Å²) in [6, 6.07) is 60.6. The quantitative estimate of drug-likeness (QED) is 0.123. The van der Waals surface area contributed by atoms with Crippen LogP contribution in [0.25, 0.3) is 55.2 Å². The third-order valence-corrected chi connectivity index (χ3v) is 11.5. The molecule has 0 amide bonds. The smallest absolute Gasteiger partial charge is 0.248 e. The van der Waals surface area contributed by atoms with Gasteiger partial charge in [-0.15, -0.1) is 10.2 Å². The Kier molecular flexibility index (Phi) is 10.1. The Morgan fingerprint density at radius 3 is 1.65 bits per heavy atom. The lowest BCUT2D eigenvalue weighted by molar-refractivity contribution is 0.271. The molecule has 0 spiro atoms. The van der Waals surface area contributed by atoms with Crippen LogP contribution in [0, 0.1) is 0 Å². The Labute approximate surface area is 360 Å². The fourth-order valence-corrected chi connectivity index (χ4v) is 8.20. The zero-order valence-corrected chi connectivity index (χ0v) is 34.9. The van der Waals surface area contributed by atoms with Gasteiger partial charge >= 0.3 is 0 Å². The zero-order valence-electron chi connectivity index (χ0n) is 34.9. The Morgan fingerprint density at radius 1 is 0.516 bits per heavy atom. The van der Waals surface area contributed by atoms with E-state index in [1.165, 1.54) is 37.9 Å². The van der Waals surface area contributed by atoms with Gasteiger partial charge in [-0.1, -0.05) is 124 Å². The summed E-state index contributed by atoms with van der Waals surface area (Å²) in [5.74, 6) is 2.16. The van der Waals surface area contributed by atoms with Gasteiger partial charge in [0.15, 0.2) is 0 Å². The van der Waals surface area contributed by atoms with Crippen molar-refractivity contribution >= 4 is 49.4 Å². The number of hydrogen-bond donors (Lipinski definition) is 1. The second-order valence-corrected chi connectivity index (χ2v) is 16.8. The van der Waals surface area contributed by atoms with Crippen LogP contribution in [0.3, 0.4) is 0 Å². The number of aromatic nitrogens is 2. The number of rotatable bonds is 12. The van der Waals surface area contributed by atoms with Gasteiger partial charge in [0.25, 0.3) is 0 Å². The molecule has 304 valence electrons. The van der Waals surface area contributed by atoms with E-state index < -0.39 is 0 Å². The second kappa shape index (κ2) is 16.2. The van der Waals surface area contributed by atoms with Crippen molar-refractivity contribution in [1.29, 1.82) is 0 Å². The Balaban J connectivity index is 0.827. The summed E-state index contributed by atoms with van der Waals surface area (Å²) in [6.45, 7) is 7.11. The SMILES string of the molecule is CC(C)(C)c1ccc(-c2nnc(-c3ccc(COc4cc(CO)cc(OCc5ccc(N(c6ccccc6)c6ccc7ccc8cccc9ccc6c7c89)cc5)c4)cc3)o2)cc1. The van der Waals surface area contributed by atoms with Crippen molar-refractivity contribution in [2.24, 2.45) is 0 Å². The molecule has 10 aromatic rings. The Morgan fingerprint density at radius 2 is 1.05 bits per heavy atom. The van der Waals surface area contributed by atoms with E-state index in [1.807, 2.05) is 60.7 Å². The highest BCUT2D eigenvalue weighted by molar-refractivity contribution is 6.25. The molecule has 0 atom stereocenters. The Bertz CT molecular complexity index is 3120. The molecule has 1 aromatic heterocycles. The number of para-hydroxylation sites is 1. The minimum Gasteiger partial charge on any atom is -0.489 e. The van der Waals surface area contributed by atoms with Crippen molar-refractivity contribution in [1.82, 2.24) is 10.2 Å². The summed E-state index contributed by atoms with van der Waals surface area (Å²) in [5, 5.41) is 26.2. The number of benzene rings is 9. The van der Waals surface area contributed by atoms with Gasteiger partial charge < -0.3 is 23.9 Å². The molecule has 0 bridgehead atoms. The van der Waals surface area contributed by atoms with Crippen LogP contribution in [0.5, 0.6) is 11.5 Å². The lowest BCUT2D eigenvalue weighted by atomic mass is 9.87. The number of aliphatic hydroxyl groups is 1. The van der Waals surface area contributed by atoms with Gasteiger partial charge in [-0.25, -0.2) is 0 Å². The summed E-state index contributed by atoms with van der Waals surface area (Å²) in [7, 11) is 0. The topological polar surface area (TPSA) is 80.9 Å². The molecule has 7 heteroatoms. The fraction of sp³-hybridized carbons (Fsp3) is 0.127. The molecule has 0 unspecified atom stereocenters. The van der Waals surface area contributed by atoms with E-state index in [2.05, 4.69) is 151 Å². The van der Waals surface area contributed by atoms with Crippen LogP contribution < -0.4 is 14.4 Å². The molecule has 1 N–H and O–H groups in total. The van der Waals surface area contributed by atoms with Gasteiger partial charge in [-0.3, -0.25) is 0 Å². The van der Waals surface area contributed by atoms with Crippen LogP contribution in [0.1, 0.15) is 43.0 Å². The van der Waals surface area contributed by atoms with E-state index in [0.29, 0.717) is 42.1 Å². The van der Waals surface area contributed by atoms with Crippen molar-refractivity contribution in [3.8, 4) is 34.4 Å². The molecule has 62 heavy (non-hydrogen) atoms. The first-order chi connectivity index (χ1) is 30.3. The first kappa shape index (κ1) is 38.7. The average Bonchev–Trinajstić information content (AvgIpc) is 3.81. The molecule has 0 saturated carbocycles. The van der Waals surface area contributed by atoms with Crippen LogP contribution in [-0.2, 0) is 25.2 Å². The molecule has 9 aromatic carbocycles. The molecule has 0 aliphatic rings. The van der Waals surface area contributed by atoms with Crippen LogP contribution >= 0.6 is 0 Å². The molecule has 0 radical (unpaired) electrons. The predicted molar refractivity (Wildman–Crippen MR) is 250 cm³/mol. The number of nitrogens with zero attached hydrogens (tertiary/aromatic N) is 3. The van der Waals surface area contributed by atoms with Gasteiger partial charge in [-0.05, 0) is 121 Å². The van der Waals surface area contributed by atoms with Crippen molar-refractivity contribution in [3.05, 3.63) is 198 Å². The largest absolute Gasteiger partial charge is 0.489 e. The van der Waals surface area contributed by atoms with Gasteiger partial charge in [-0.2, -0.15) is 0 Å². The lowest BCUT2D eigenvalue weighted by Gasteiger charge is -2.28. The van der Waals surface area contributed by atoms with Crippen molar-refractivity contribution < 1.29 is 19.0 Å². The highest BCUT2D eigenvalue weighted by atomic mass is 16.5. The van der Waals surface area contributed by atoms with E-state index in [-0.39, 0.29) is 12.0 Å². The average molecular weight is 812 g/mol. The van der Waals surface area contributed by atoms with Gasteiger partial charge in [0.05, 0.1) is 12.3 Å². The fourth-order valence-electron chi connectivity index (χ4n) is 8.20. The number of hydrogen-bond acceptors (Lipinski definition) is 7. The normalized spacial score (nSPS) is 11.7. The van der Waals surface area contributed by atoms with Gasteiger partial charge in [0.1, 0.15) is 24.7 Å². The first-order valence-corrected chi connectivity index (χ1v) is 20.9. The summed E-state index contributed by atoms with van der Waals surface area (Å²) < 4.78 is 18.6. The minimum atomic E-state index is -0.137. The maximum absolute atomic E-state index is 10.1. The van der Waals surface area contributed by atoms with Crippen LogP contribution in [0.15, 0.2) is 180 Å². The number of aliphatic hydroxyl groups excluding tert-OH is 1. The Hall–Kier alpha value is -7.48. The highest BCUT2D eigenvalue weighted by Gasteiger charge is 2.19. The summed E-state index contributed by atoms with van der Waals surface area (Å²) in [6.07, 6.45) is 0. The van der Waals surface area contributed by atoms with E-state index >= 15 is 0 Å². The van der Waals surface area contributed by atoms with E-state index in [4.69, 9.17) is 13.9 Å². The van der Waals surface area contributed by atoms with E-state index in [0.717, 1.165) is 39.3 Å². The molecule has 7 nitrogen and oxygen atoms in total.